The molecule has 4 nitrogen and oxygen atoms in total. The number of halogens is 2. The Labute approximate surface area is 120 Å². The highest BCUT2D eigenvalue weighted by molar-refractivity contribution is 6.30. The molecule has 104 valence electrons. The fourth-order valence-electron chi connectivity index (χ4n) is 2.64. The van der Waals surface area contributed by atoms with E-state index < -0.39 is 11.7 Å². The number of primary amides is 1. The molecule has 0 saturated heterocycles. The average molecular weight is 294 g/mol. The van der Waals surface area contributed by atoms with E-state index in [1.807, 2.05) is 0 Å². The molecule has 1 amide bonds. The Morgan fingerprint density at radius 1 is 1.35 bits per heavy atom. The number of aromatic nitrogens is 2. The maximum Gasteiger partial charge on any atom is 0.252 e. The van der Waals surface area contributed by atoms with Crippen LogP contribution in [0, 0.1) is 5.82 Å². The molecule has 1 aliphatic rings. The molecule has 0 radical (unpaired) electrons. The van der Waals surface area contributed by atoms with Crippen LogP contribution in [0.1, 0.15) is 28.9 Å². The van der Waals surface area contributed by atoms with E-state index in [0.29, 0.717) is 16.8 Å². The molecule has 0 saturated carbocycles. The summed E-state index contributed by atoms with van der Waals surface area (Å²) in [6, 6.07) is 4.11. The van der Waals surface area contributed by atoms with Gasteiger partial charge < -0.3 is 5.73 Å². The second-order valence-corrected chi connectivity index (χ2v) is 5.31. The van der Waals surface area contributed by atoms with Gasteiger partial charge >= 0.3 is 0 Å². The number of hydrogen-bond acceptors (Lipinski definition) is 2. The maximum absolute atomic E-state index is 13.5. The van der Waals surface area contributed by atoms with Gasteiger partial charge in [0.25, 0.3) is 5.91 Å². The molecule has 1 aromatic heterocycles. The first-order chi connectivity index (χ1) is 9.56. The van der Waals surface area contributed by atoms with Crippen molar-refractivity contribution < 1.29 is 9.18 Å². The minimum absolute atomic E-state index is 0.265. The van der Waals surface area contributed by atoms with E-state index >= 15 is 0 Å². The number of nitrogens with zero attached hydrogens (tertiary/aromatic N) is 2. The molecule has 0 unspecified atom stereocenters. The number of carbonyl (C=O) groups is 1. The van der Waals surface area contributed by atoms with Crippen LogP contribution in [-0.4, -0.2) is 15.7 Å². The Balaban J connectivity index is 2.22. The number of carbonyl (C=O) groups excluding carboxylic acids is 1. The van der Waals surface area contributed by atoms with Crippen LogP contribution in [0.4, 0.5) is 4.39 Å². The zero-order chi connectivity index (χ0) is 14.3. The van der Waals surface area contributed by atoms with Gasteiger partial charge in [0.15, 0.2) is 0 Å². The highest BCUT2D eigenvalue weighted by Crippen LogP contribution is 2.30. The van der Waals surface area contributed by atoms with E-state index in [2.05, 4.69) is 5.10 Å². The summed E-state index contributed by atoms with van der Waals surface area (Å²) >= 11 is 5.87. The van der Waals surface area contributed by atoms with Gasteiger partial charge in [-0.25, -0.2) is 4.39 Å². The lowest BCUT2D eigenvalue weighted by Crippen LogP contribution is -2.17. The summed E-state index contributed by atoms with van der Waals surface area (Å²) < 4.78 is 15.3. The standard InChI is InChI=1S/C14H13ClFN3O/c15-9-5-8(6-10(16)7-9)13-12(14(17)20)11-3-1-2-4-19(11)18-13/h5-7H,1-4H2,(H2,17,20). The van der Waals surface area contributed by atoms with Crippen LogP contribution < -0.4 is 5.73 Å². The SMILES string of the molecule is NC(=O)c1c(-c2cc(F)cc(Cl)c2)nn2c1CCCC2. The number of rotatable bonds is 2. The molecule has 0 aliphatic carbocycles. The summed E-state index contributed by atoms with van der Waals surface area (Å²) in [5.74, 6) is -1.00. The summed E-state index contributed by atoms with van der Waals surface area (Å²) in [6.45, 7) is 0.749. The van der Waals surface area contributed by atoms with Crippen molar-refractivity contribution >= 4 is 17.5 Å². The molecule has 20 heavy (non-hydrogen) atoms. The lowest BCUT2D eigenvalue weighted by Gasteiger charge is -2.13. The summed E-state index contributed by atoms with van der Waals surface area (Å²) in [5, 5.41) is 4.68. The van der Waals surface area contributed by atoms with Crippen molar-refractivity contribution in [3.8, 4) is 11.3 Å². The van der Waals surface area contributed by atoms with Gasteiger partial charge in [0, 0.05) is 17.1 Å². The van der Waals surface area contributed by atoms with Crippen molar-refractivity contribution in [2.24, 2.45) is 5.73 Å². The second kappa shape index (κ2) is 4.90. The van der Waals surface area contributed by atoms with E-state index in [-0.39, 0.29) is 5.02 Å². The molecule has 3 rings (SSSR count). The van der Waals surface area contributed by atoms with E-state index in [1.165, 1.54) is 12.1 Å². The van der Waals surface area contributed by atoms with Gasteiger partial charge in [-0.05, 0) is 37.5 Å². The van der Waals surface area contributed by atoms with Crippen molar-refractivity contribution in [3.05, 3.63) is 40.3 Å². The summed E-state index contributed by atoms with van der Waals surface area (Å²) in [5.41, 5.74) is 7.58. The van der Waals surface area contributed by atoms with Crippen molar-refractivity contribution in [1.29, 1.82) is 0 Å². The molecular formula is C14H13ClFN3O. The van der Waals surface area contributed by atoms with Crippen LogP contribution >= 0.6 is 11.6 Å². The molecule has 2 aromatic rings. The van der Waals surface area contributed by atoms with Gasteiger partial charge in [0.1, 0.15) is 11.5 Å². The van der Waals surface area contributed by atoms with Crippen molar-refractivity contribution in [2.75, 3.05) is 0 Å². The van der Waals surface area contributed by atoms with Crippen LogP contribution in [0.3, 0.4) is 0 Å². The van der Waals surface area contributed by atoms with Crippen molar-refractivity contribution in [3.63, 3.8) is 0 Å². The monoisotopic (exact) mass is 293 g/mol. The molecule has 0 atom stereocenters. The van der Waals surface area contributed by atoms with Gasteiger partial charge in [0.2, 0.25) is 0 Å². The number of aryl methyl sites for hydroxylation is 1. The third kappa shape index (κ3) is 2.18. The largest absolute Gasteiger partial charge is 0.365 e. The quantitative estimate of drug-likeness (QED) is 0.925. The van der Waals surface area contributed by atoms with Gasteiger partial charge in [-0.15, -0.1) is 0 Å². The fraction of sp³-hybridized carbons (Fsp3) is 0.286. The lowest BCUT2D eigenvalue weighted by molar-refractivity contribution is 0.0999. The zero-order valence-corrected chi connectivity index (χ0v) is 11.5. The van der Waals surface area contributed by atoms with Gasteiger partial charge in [-0.2, -0.15) is 5.10 Å². The van der Waals surface area contributed by atoms with Gasteiger partial charge in [-0.1, -0.05) is 11.6 Å². The predicted octanol–water partition coefficient (Wildman–Crippen LogP) is 2.78. The number of benzene rings is 1. The molecule has 0 bridgehead atoms. The Morgan fingerprint density at radius 2 is 2.15 bits per heavy atom. The zero-order valence-electron chi connectivity index (χ0n) is 10.7. The molecule has 1 aliphatic heterocycles. The first kappa shape index (κ1) is 13.1. The molecule has 6 heteroatoms. The van der Waals surface area contributed by atoms with E-state index in [9.17, 15) is 9.18 Å². The molecule has 0 spiro atoms. The maximum atomic E-state index is 13.5. The highest BCUT2D eigenvalue weighted by Gasteiger charge is 2.25. The Morgan fingerprint density at radius 3 is 2.85 bits per heavy atom. The number of hydrogen-bond donors (Lipinski definition) is 1. The Bertz CT molecular complexity index is 676. The minimum atomic E-state index is -0.538. The van der Waals surface area contributed by atoms with Crippen LogP contribution in [0.25, 0.3) is 11.3 Å². The first-order valence-corrected chi connectivity index (χ1v) is 6.80. The molecule has 1 aromatic carbocycles. The van der Waals surface area contributed by atoms with Crippen LogP contribution in [0.5, 0.6) is 0 Å². The van der Waals surface area contributed by atoms with Gasteiger partial charge in [0.05, 0.1) is 11.3 Å². The molecule has 0 fully saturated rings. The number of nitrogens with two attached hydrogens (primary N) is 1. The van der Waals surface area contributed by atoms with Crippen LogP contribution in [-0.2, 0) is 13.0 Å². The first-order valence-electron chi connectivity index (χ1n) is 6.42. The van der Waals surface area contributed by atoms with Crippen LogP contribution in [0.2, 0.25) is 5.02 Å². The third-order valence-corrected chi connectivity index (χ3v) is 3.69. The fourth-order valence-corrected chi connectivity index (χ4v) is 2.86. The molecule has 2 N–H and O–H groups in total. The van der Waals surface area contributed by atoms with Crippen molar-refractivity contribution in [1.82, 2.24) is 9.78 Å². The molecular weight excluding hydrogens is 281 g/mol. The third-order valence-electron chi connectivity index (χ3n) is 3.47. The summed E-state index contributed by atoms with van der Waals surface area (Å²) in [6.07, 6.45) is 2.76. The average Bonchev–Trinajstić information content (AvgIpc) is 2.76. The van der Waals surface area contributed by atoms with Gasteiger partial charge in [-0.3, -0.25) is 9.48 Å². The lowest BCUT2D eigenvalue weighted by atomic mass is 10.0. The minimum Gasteiger partial charge on any atom is -0.365 e. The number of fused-ring (bicyclic) bond motifs is 1. The second-order valence-electron chi connectivity index (χ2n) is 4.87. The summed E-state index contributed by atoms with van der Waals surface area (Å²) in [7, 11) is 0. The normalized spacial score (nSPS) is 14.1. The predicted molar refractivity (Wildman–Crippen MR) is 74.1 cm³/mol. The van der Waals surface area contributed by atoms with E-state index in [4.69, 9.17) is 17.3 Å². The Hall–Kier alpha value is -1.88. The topological polar surface area (TPSA) is 60.9 Å². The molecule has 2 heterocycles. The smallest absolute Gasteiger partial charge is 0.252 e. The Kier molecular flexibility index (Phi) is 3.22. The van der Waals surface area contributed by atoms with E-state index in [0.717, 1.165) is 31.5 Å². The van der Waals surface area contributed by atoms with E-state index in [1.54, 1.807) is 10.7 Å². The van der Waals surface area contributed by atoms with Crippen LogP contribution in [0.15, 0.2) is 18.2 Å². The van der Waals surface area contributed by atoms with Crippen molar-refractivity contribution in [2.45, 2.75) is 25.8 Å². The highest BCUT2D eigenvalue weighted by atomic mass is 35.5. The number of amides is 1. The summed E-state index contributed by atoms with van der Waals surface area (Å²) in [4.78, 5) is 11.7.